The topological polar surface area (TPSA) is 46.2 Å². The fourth-order valence-corrected chi connectivity index (χ4v) is 1.45. The summed E-state index contributed by atoms with van der Waals surface area (Å²) >= 11 is 0. The molecule has 4 heteroatoms. The van der Waals surface area contributed by atoms with Crippen molar-refractivity contribution in [3.8, 4) is 0 Å². The summed E-state index contributed by atoms with van der Waals surface area (Å²) in [7, 11) is -3.08. The molecule has 0 aliphatic rings. The third-order valence-corrected chi connectivity index (χ3v) is 3.21. The molecule has 0 bridgehead atoms. The van der Waals surface area contributed by atoms with Crippen LogP contribution in [0, 0.1) is 5.41 Å². The number of rotatable bonds is 3. The second-order valence-electron chi connectivity index (χ2n) is 4.48. The summed E-state index contributed by atoms with van der Waals surface area (Å²) in [5, 5.41) is -0.347. The molecule has 0 saturated heterocycles. The lowest BCUT2D eigenvalue weighted by atomic mass is 9.98. The van der Waals surface area contributed by atoms with E-state index in [1.807, 2.05) is 20.8 Å². The van der Waals surface area contributed by atoms with Crippen molar-refractivity contribution in [3.05, 3.63) is 0 Å². The van der Waals surface area contributed by atoms with Crippen molar-refractivity contribution >= 4 is 10.0 Å². The summed E-state index contributed by atoms with van der Waals surface area (Å²) in [5.74, 6) is 0. The van der Waals surface area contributed by atoms with E-state index in [4.69, 9.17) is 0 Å². The average molecular weight is 193 g/mol. The van der Waals surface area contributed by atoms with E-state index in [9.17, 15) is 8.42 Å². The second kappa shape index (κ2) is 3.75. The highest BCUT2D eigenvalue weighted by Gasteiger charge is 2.18. The van der Waals surface area contributed by atoms with Gasteiger partial charge < -0.3 is 0 Å². The maximum atomic E-state index is 11.3. The molecular weight excluding hydrogens is 174 g/mol. The van der Waals surface area contributed by atoms with Crippen molar-refractivity contribution < 1.29 is 8.42 Å². The Labute approximate surface area is 75.6 Å². The molecule has 1 N–H and O–H groups in total. The Morgan fingerprint density at radius 1 is 1.25 bits per heavy atom. The zero-order valence-corrected chi connectivity index (χ0v) is 9.33. The van der Waals surface area contributed by atoms with Crippen molar-refractivity contribution in [1.29, 1.82) is 0 Å². The summed E-state index contributed by atoms with van der Waals surface area (Å²) in [5.41, 5.74) is 0.00194. The first-order chi connectivity index (χ1) is 5.15. The number of sulfonamides is 1. The molecule has 0 saturated carbocycles. The van der Waals surface area contributed by atoms with Crippen LogP contribution >= 0.6 is 0 Å². The minimum absolute atomic E-state index is 0.00194. The molecule has 0 aromatic rings. The summed E-state index contributed by atoms with van der Waals surface area (Å²) in [4.78, 5) is 0. The van der Waals surface area contributed by atoms with Gasteiger partial charge in [-0.15, -0.1) is 0 Å². The van der Waals surface area contributed by atoms with Gasteiger partial charge in [-0.2, -0.15) is 0 Å². The second-order valence-corrected chi connectivity index (χ2v) is 6.80. The molecule has 0 atom stereocenters. The Hall–Kier alpha value is -0.0900. The predicted molar refractivity (Wildman–Crippen MR) is 51.5 cm³/mol. The molecule has 0 aromatic carbocycles. The molecule has 0 rings (SSSR count). The van der Waals surface area contributed by atoms with Crippen molar-refractivity contribution in [3.63, 3.8) is 0 Å². The number of hydrogen-bond donors (Lipinski definition) is 1. The third-order valence-electron chi connectivity index (χ3n) is 1.42. The van der Waals surface area contributed by atoms with Crippen LogP contribution in [0.2, 0.25) is 0 Å². The highest BCUT2D eigenvalue weighted by molar-refractivity contribution is 7.90. The largest absolute Gasteiger partial charge is 0.214 e. The minimum atomic E-state index is -3.08. The Bertz CT molecular complexity index is 224. The number of nitrogens with one attached hydrogen (secondary N) is 1. The molecule has 12 heavy (non-hydrogen) atoms. The van der Waals surface area contributed by atoms with Crippen LogP contribution in [-0.2, 0) is 10.0 Å². The van der Waals surface area contributed by atoms with Crippen LogP contribution in [0.25, 0.3) is 0 Å². The Morgan fingerprint density at radius 3 is 1.92 bits per heavy atom. The molecule has 0 amide bonds. The van der Waals surface area contributed by atoms with Crippen LogP contribution in [-0.4, -0.2) is 20.2 Å². The zero-order valence-electron chi connectivity index (χ0n) is 8.51. The van der Waals surface area contributed by atoms with E-state index in [0.29, 0.717) is 6.54 Å². The van der Waals surface area contributed by atoms with Crippen LogP contribution in [0.3, 0.4) is 0 Å². The van der Waals surface area contributed by atoms with Crippen molar-refractivity contribution in [1.82, 2.24) is 4.72 Å². The van der Waals surface area contributed by atoms with Crippen LogP contribution in [0.1, 0.15) is 34.6 Å². The predicted octanol–water partition coefficient (Wildman–Crippen LogP) is 1.36. The molecule has 0 radical (unpaired) electrons. The fourth-order valence-electron chi connectivity index (χ4n) is 0.484. The van der Waals surface area contributed by atoms with E-state index in [-0.39, 0.29) is 10.7 Å². The number of hydrogen-bond acceptors (Lipinski definition) is 2. The Morgan fingerprint density at radius 2 is 1.67 bits per heavy atom. The van der Waals surface area contributed by atoms with Crippen LogP contribution in [0.15, 0.2) is 0 Å². The van der Waals surface area contributed by atoms with Crippen molar-refractivity contribution in [2.24, 2.45) is 5.41 Å². The van der Waals surface area contributed by atoms with Crippen LogP contribution < -0.4 is 4.72 Å². The van der Waals surface area contributed by atoms with E-state index in [1.165, 1.54) is 0 Å². The average Bonchev–Trinajstić information content (AvgIpc) is 1.82. The molecule has 0 aliphatic heterocycles. The van der Waals surface area contributed by atoms with Gasteiger partial charge in [0, 0.05) is 6.54 Å². The van der Waals surface area contributed by atoms with Gasteiger partial charge in [0.1, 0.15) is 0 Å². The van der Waals surface area contributed by atoms with Gasteiger partial charge in [-0.3, -0.25) is 0 Å². The quantitative estimate of drug-likeness (QED) is 0.735. The van der Waals surface area contributed by atoms with Crippen molar-refractivity contribution in [2.45, 2.75) is 39.9 Å². The van der Waals surface area contributed by atoms with Gasteiger partial charge in [0.2, 0.25) is 10.0 Å². The lowest BCUT2D eigenvalue weighted by Gasteiger charge is -2.19. The van der Waals surface area contributed by atoms with E-state index in [1.54, 1.807) is 13.8 Å². The van der Waals surface area contributed by atoms with Gasteiger partial charge in [0.05, 0.1) is 5.25 Å². The lowest BCUT2D eigenvalue weighted by Crippen LogP contribution is -2.36. The first-order valence-corrected chi connectivity index (χ1v) is 5.68. The first-order valence-electron chi connectivity index (χ1n) is 4.13. The maximum absolute atomic E-state index is 11.3. The molecule has 0 unspecified atom stereocenters. The summed E-state index contributed by atoms with van der Waals surface area (Å²) in [6.07, 6.45) is 0. The minimum Gasteiger partial charge on any atom is -0.214 e. The van der Waals surface area contributed by atoms with Gasteiger partial charge in [-0.05, 0) is 19.3 Å². The normalized spacial score (nSPS) is 13.8. The van der Waals surface area contributed by atoms with E-state index in [2.05, 4.69) is 4.72 Å². The van der Waals surface area contributed by atoms with Crippen molar-refractivity contribution in [2.75, 3.05) is 6.54 Å². The molecule has 0 spiro atoms. The van der Waals surface area contributed by atoms with Gasteiger partial charge in [0.25, 0.3) is 0 Å². The van der Waals surface area contributed by atoms with Gasteiger partial charge in [0.15, 0.2) is 0 Å². The van der Waals surface area contributed by atoms with Gasteiger partial charge >= 0.3 is 0 Å². The molecule has 0 fully saturated rings. The van der Waals surface area contributed by atoms with Gasteiger partial charge in [-0.1, -0.05) is 20.8 Å². The first kappa shape index (κ1) is 11.9. The third kappa shape index (κ3) is 4.72. The SMILES string of the molecule is CC(C)S(=O)(=O)NCC(C)(C)C. The molecule has 74 valence electrons. The van der Waals surface area contributed by atoms with E-state index >= 15 is 0 Å². The smallest absolute Gasteiger partial charge is 0.213 e. The highest BCUT2D eigenvalue weighted by Crippen LogP contribution is 2.11. The Balaban J connectivity index is 4.12. The Kier molecular flexibility index (Phi) is 3.72. The highest BCUT2D eigenvalue weighted by atomic mass is 32.2. The fraction of sp³-hybridized carbons (Fsp3) is 1.00. The summed E-state index contributed by atoms with van der Waals surface area (Å²) in [6, 6.07) is 0. The molecule has 3 nitrogen and oxygen atoms in total. The van der Waals surface area contributed by atoms with Crippen LogP contribution in [0.4, 0.5) is 0 Å². The van der Waals surface area contributed by atoms with E-state index < -0.39 is 10.0 Å². The van der Waals surface area contributed by atoms with E-state index in [0.717, 1.165) is 0 Å². The zero-order chi connectivity index (χ0) is 9.99. The van der Waals surface area contributed by atoms with Crippen LogP contribution in [0.5, 0.6) is 0 Å². The lowest BCUT2D eigenvalue weighted by molar-refractivity contribution is 0.407. The molecule has 0 aliphatic carbocycles. The molecular formula is C8H19NO2S. The molecule has 0 heterocycles. The van der Waals surface area contributed by atoms with Gasteiger partial charge in [-0.25, -0.2) is 13.1 Å². The summed E-state index contributed by atoms with van der Waals surface area (Å²) in [6.45, 7) is 9.82. The monoisotopic (exact) mass is 193 g/mol. The molecule has 0 aromatic heterocycles. The summed E-state index contributed by atoms with van der Waals surface area (Å²) < 4.78 is 25.1. The standard InChI is InChI=1S/C8H19NO2S/c1-7(2)12(10,11)9-6-8(3,4)5/h7,9H,6H2,1-5H3. The maximum Gasteiger partial charge on any atom is 0.213 e.